The zero-order valence-corrected chi connectivity index (χ0v) is 29.2. The normalized spacial score (nSPS) is 17.8. The highest BCUT2D eigenvalue weighted by Gasteiger charge is 2.43. The van der Waals surface area contributed by atoms with E-state index in [4.69, 9.17) is 16.3 Å². The SMILES string of the molecule is CC(C)C(CC[C@@H]1CN(C(=O)OC(C)(C)C)C(C)(C)C1)Nc1cccc(S(=O)(=O)NC(=O)c2ccc(C(C)(C)C)nc2Cl)n1. The minimum Gasteiger partial charge on any atom is -0.444 e. The number of ether oxygens (including phenoxy) is 1. The molecule has 2 aromatic heterocycles. The maximum absolute atomic E-state index is 13.1. The number of nitrogens with one attached hydrogen (secondary N) is 2. The molecule has 1 aliphatic rings. The van der Waals surface area contributed by atoms with Crippen LogP contribution in [-0.4, -0.2) is 59.0 Å². The maximum Gasteiger partial charge on any atom is 0.410 e. The highest BCUT2D eigenvalue weighted by atomic mass is 35.5. The molecule has 2 N–H and O–H groups in total. The van der Waals surface area contributed by atoms with Crippen molar-refractivity contribution in [1.29, 1.82) is 0 Å². The van der Waals surface area contributed by atoms with Crippen molar-refractivity contribution in [2.75, 3.05) is 11.9 Å². The summed E-state index contributed by atoms with van der Waals surface area (Å²) in [5, 5.41) is 3.02. The standard InChI is InChI=1S/C32H48ClN5O5S/c1-20(2)23(16-14-21-18-32(9,10)38(19-21)29(40)43-31(6,7)8)34-25-12-11-13-26(36-25)44(41,42)37-28(39)22-15-17-24(30(3,4)5)35-27(22)33/h11-13,15,17,20-21,23H,14,16,18-19H2,1-10H3,(H,34,36)(H,37,39)/t21-,23?/m0/s1. The van der Waals surface area contributed by atoms with Crippen LogP contribution in [0.3, 0.4) is 0 Å². The molecule has 12 heteroatoms. The molecule has 1 saturated heterocycles. The monoisotopic (exact) mass is 649 g/mol. The Balaban J connectivity index is 1.68. The lowest BCUT2D eigenvalue weighted by atomic mass is 9.89. The Bertz CT molecular complexity index is 1460. The van der Waals surface area contributed by atoms with E-state index in [0.29, 0.717) is 24.0 Å². The van der Waals surface area contributed by atoms with E-state index >= 15 is 0 Å². The summed E-state index contributed by atoms with van der Waals surface area (Å²) in [6.45, 7) is 20.4. The van der Waals surface area contributed by atoms with Crippen LogP contribution in [0.15, 0.2) is 35.4 Å². The van der Waals surface area contributed by atoms with Gasteiger partial charge in [-0.15, -0.1) is 0 Å². The van der Waals surface area contributed by atoms with Crippen LogP contribution in [0.5, 0.6) is 0 Å². The molecule has 0 saturated carbocycles. The molecule has 1 aliphatic heterocycles. The van der Waals surface area contributed by atoms with Crippen LogP contribution < -0.4 is 10.0 Å². The van der Waals surface area contributed by atoms with Crippen LogP contribution in [0, 0.1) is 11.8 Å². The fraction of sp³-hybridized carbons (Fsp3) is 0.625. The number of nitrogens with zero attached hydrogens (tertiary/aromatic N) is 3. The predicted molar refractivity (Wildman–Crippen MR) is 173 cm³/mol. The lowest BCUT2D eigenvalue weighted by molar-refractivity contribution is 0.0130. The van der Waals surface area contributed by atoms with Crippen LogP contribution >= 0.6 is 11.6 Å². The minimum atomic E-state index is -4.29. The topological polar surface area (TPSA) is 131 Å². The molecule has 244 valence electrons. The van der Waals surface area contributed by atoms with Crippen molar-refractivity contribution >= 4 is 39.4 Å². The molecule has 2 atom stereocenters. The van der Waals surface area contributed by atoms with Crippen LogP contribution in [-0.2, 0) is 20.2 Å². The lowest BCUT2D eigenvalue weighted by Gasteiger charge is -2.33. The number of anilines is 1. The van der Waals surface area contributed by atoms with Gasteiger partial charge in [-0.05, 0) is 90.0 Å². The lowest BCUT2D eigenvalue weighted by Crippen LogP contribution is -2.45. The van der Waals surface area contributed by atoms with Gasteiger partial charge in [0.25, 0.3) is 15.9 Å². The molecule has 3 heterocycles. The molecule has 1 fully saturated rings. The fourth-order valence-corrected chi connectivity index (χ4v) is 6.47. The number of halogens is 1. The molecular weight excluding hydrogens is 602 g/mol. The quantitative estimate of drug-likeness (QED) is 0.284. The van der Waals surface area contributed by atoms with Gasteiger partial charge in [0.1, 0.15) is 16.6 Å². The van der Waals surface area contributed by atoms with E-state index in [9.17, 15) is 18.0 Å². The second kappa shape index (κ2) is 13.2. The largest absolute Gasteiger partial charge is 0.444 e. The molecule has 3 rings (SSSR count). The Morgan fingerprint density at radius 2 is 1.75 bits per heavy atom. The molecule has 0 aromatic carbocycles. The van der Waals surface area contributed by atoms with Crippen molar-refractivity contribution < 1.29 is 22.7 Å². The summed E-state index contributed by atoms with van der Waals surface area (Å²) < 4.78 is 34.0. The van der Waals surface area contributed by atoms with Gasteiger partial charge in [-0.25, -0.2) is 19.5 Å². The summed E-state index contributed by atoms with van der Waals surface area (Å²) in [7, 11) is -4.29. The van der Waals surface area contributed by atoms with E-state index in [1.807, 2.05) is 46.4 Å². The Morgan fingerprint density at radius 3 is 2.32 bits per heavy atom. The number of carbonyl (C=O) groups is 2. The van der Waals surface area contributed by atoms with Gasteiger partial charge in [-0.3, -0.25) is 4.79 Å². The second-order valence-corrected chi connectivity index (χ2v) is 16.6. The zero-order valence-electron chi connectivity index (χ0n) is 27.6. The fourth-order valence-electron chi connectivity index (χ4n) is 5.29. The van der Waals surface area contributed by atoms with E-state index in [2.05, 4.69) is 47.7 Å². The van der Waals surface area contributed by atoms with Gasteiger partial charge >= 0.3 is 6.09 Å². The van der Waals surface area contributed by atoms with Gasteiger partial charge in [0.05, 0.1) is 5.56 Å². The number of hydrogen-bond acceptors (Lipinski definition) is 8. The molecule has 0 radical (unpaired) electrons. The average Bonchev–Trinajstić information content (AvgIpc) is 3.18. The second-order valence-electron chi connectivity index (χ2n) is 14.6. The molecule has 2 aromatic rings. The number of carbonyl (C=O) groups excluding carboxylic acids is 2. The summed E-state index contributed by atoms with van der Waals surface area (Å²) in [5.74, 6) is 0.0200. The van der Waals surface area contributed by atoms with E-state index in [1.54, 1.807) is 18.2 Å². The number of sulfonamides is 1. The van der Waals surface area contributed by atoms with Crippen LogP contribution in [0.1, 0.15) is 105 Å². The summed E-state index contributed by atoms with van der Waals surface area (Å²) in [5.41, 5.74) is -0.518. The third-order valence-electron chi connectivity index (χ3n) is 7.69. The number of pyridine rings is 2. The summed E-state index contributed by atoms with van der Waals surface area (Å²) in [6.07, 6.45) is 2.24. The van der Waals surface area contributed by atoms with Crippen molar-refractivity contribution in [1.82, 2.24) is 19.6 Å². The Hall–Kier alpha value is -2.92. The Kier molecular flexibility index (Phi) is 10.7. The maximum atomic E-state index is 13.1. The first-order valence-corrected chi connectivity index (χ1v) is 16.9. The highest BCUT2D eigenvalue weighted by Crippen LogP contribution is 2.37. The first-order chi connectivity index (χ1) is 20.1. The molecule has 44 heavy (non-hydrogen) atoms. The smallest absolute Gasteiger partial charge is 0.410 e. The summed E-state index contributed by atoms with van der Waals surface area (Å²) in [4.78, 5) is 36.1. The number of likely N-dealkylation sites (tertiary alicyclic amines) is 1. The van der Waals surface area contributed by atoms with Crippen LogP contribution in [0.2, 0.25) is 5.15 Å². The molecule has 10 nitrogen and oxygen atoms in total. The van der Waals surface area contributed by atoms with Gasteiger partial charge < -0.3 is 15.0 Å². The van der Waals surface area contributed by atoms with E-state index in [1.165, 1.54) is 12.1 Å². The van der Waals surface area contributed by atoms with Gasteiger partial charge in [0.15, 0.2) is 5.03 Å². The zero-order chi connectivity index (χ0) is 33.3. The molecule has 0 aliphatic carbocycles. The van der Waals surface area contributed by atoms with Crippen molar-refractivity contribution in [2.24, 2.45) is 11.8 Å². The molecular formula is C32H48ClN5O5S. The first-order valence-electron chi connectivity index (χ1n) is 15.1. The van der Waals surface area contributed by atoms with Crippen molar-refractivity contribution in [2.45, 2.75) is 116 Å². The predicted octanol–water partition coefficient (Wildman–Crippen LogP) is 6.80. The van der Waals surface area contributed by atoms with Gasteiger partial charge in [-0.2, -0.15) is 8.42 Å². The third-order valence-corrected chi connectivity index (χ3v) is 9.21. The van der Waals surface area contributed by atoms with Gasteiger partial charge in [-0.1, -0.05) is 52.3 Å². The minimum absolute atomic E-state index is 0.0000500. The van der Waals surface area contributed by atoms with Crippen molar-refractivity contribution in [3.05, 3.63) is 46.7 Å². The van der Waals surface area contributed by atoms with Gasteiger partial charge in [0.2, 0.25) is 0 Å². The van der Waals surface area contributed by atoms with E-state index < -0.39 is 21.5 Å². The molecule has 0 spiro atoms. The molecule has 0 bridgehead atoms. The number of hydrogen-bond donors (Lipinski definition) is 2. The Morgan fingerprint density at radius 1 is 1.09 bits per heavy atom. The summed E-state index contributed by atoms with van der Waals surface area (Å²) >= 11 is 6.24. The first kappa shape index (κ1) is 35.6. The number of aromatic nitrogens is 2. The highest BCUT2D eigenvalue weighted by molar-refractivity contribution is 7.90. The molecule has 1 unspecified atom stereocenters. The van der Waals surface area contributed by atoms with Crippen LogP contribution in [0.4, 0.5) is 10.6 Å². The molecule has 2 amide bonds. The van der Waals surface area contributed by atoms with E-state index in [-0.39, 0.29) is 44.7 Å². The number of amides is 2. The van der Waals surface area contributed by atoms with E-state index in [0.717, 1.165) is 19.3 Å². The van der Waals surface area contributed by atoms with Gasteiger partial charge in [0, 0.05) is 29.2 Å². The van der Waals surface area contributed by atoms with Crippen molar-refractivity contribution in [3.63, 3.8) is 0 Å². The number of rotatable bonds is 9. The average molecular weight is 650 g/mol. The third kappa shape index (κ3) is 9.30. The van der Waals surface area contributed by atoms with Crippen molar-refractivity contribution in [3.8, 4) is 0 Å². The Labute approximate surface area is 267 Å². The summed E-state index contributed by atoms with van der Waals surface area (Å²) in [6, 6.07) is 7.74. The van der Waals surface area contributed by atoms with Crippen LogP contribution in [0.25, 0.3) is 0 Å².